The number of carbonyl (C=O) groups excluding carboxylic acids is 1. The molecule has 1 aliphatic rings. The van der Waals surface area contributed by atoms with E-state index in [9.17, 15) is 4.79 Å². The summed E-state index contributed by atoms with van der Waals surface area (Å²) in [6, 6.07) is 11.8. The van der Waals surface area contributed by atoms with Gasteiger partial charge in [0.2, 0.25) is 0 Å². The van der Waals surface area contributed by atoms with Crippen LogP contribution in [0.3, 0.4) is 0 Å². The summed E-state index contributed by atoms with van der Waals surface area (Å²) in [7, 11) is 0. The molecule has 0 saturated heterocycles. The summed E-state index contributed by atoms with van der Waals surface area (Å²) in [6.07, 6.45) is 9.32. The van der Waals surface area contributed by atoms with Crippen LogP contribution in [0.2, 0.25) is 0 Å². The molecule has 4 rings (SSSR count). The first-order valence-electron chi connectivity index (χ1n) is 10.8. The van der Waals surface area contributed by atoms with Gasteiger partial charge >= 0.3 is 5.97 Å². The number of rotatable bonds is 9. The molecule has 1 unspecified atom stereocenters. The minimum atomic E-state index is -0.595. The van der Waals surface area contributed by atoms with E-state index in [1.807, 2.05) is 55.7 Å². The van der Waals surface area contributed by atoms with Crippen LogP contribution in [0.25, 0.3) is 16.7 Å². The summed E-state index contributed by atoms with van der Waals surface area (Å²) in [4.78, 5) is 20.6. The van der Waals surface area contributed by atoms with Crippen LogP contribution in [-0.4, -0.2) is 41.9 Å². The maximum Gasteiger partial charge on any atom is 0.335 e. The first-order chi connectivity index (χ1) is 15.7. The van der Waals surface area contributed by atoms with Gasteiger partial charge in [-0.1, -0.05) is 12.1 Å². The zero-order valence-corrected chi connectivity index (χ0v) is 18.3. The molecule has 0 aliphatic heterocycles. The molecule has 0 fully saturated rings. The van der Waals surface area contributed by atoms with E-state index >= 15 is 0 Å². The number of aromatic nitrogens is 2. The quantitative estimate of drug-likeness (QED) is 0.365. The van der Waals surface area contributed by atoms with Gasteiger partial charge in [-0.2, -0.15) is 0 Å². The lowest BCUT2D eigenvalue weighted by Crippen LogP contribution is -2.28. The predicted octanol–water partition coefficient (Wildman–Crippen LogP) is 4.48. The number of carbonyl (C=O) groups is 1. The molecule has 0 radical (unpaired) electrons. The Balaban J connectivity index is 1.42. The van der Waals surface area contributed by atoms with Gasteiger partial charge in [0.15, 0.2) is 6.10 Å². The number of hydrogen-bond acceptors (Lipinski definition) is 6. The number of pyridine rings is 2. The van der Waals surface area contributed by atoms with Gasteiger partial charge in [0.05, 0.1) is 6.61 Å². The smallest absolute Gasteiger partial charge is 0.335 e. The van der Waals surface area contributed by atoms with Crippen LogP contribution in [0, 0.1) is 0 Å². The van der Waals surface area contributed by atoms with E-state index < -0.39 is 6.10 Å². The Hall–Kier alpha value is -3.51. The van der Waals surface area contributed by atoms with Crippen molar-refractivity contribution in [2.75, 3.05) is 19.8 Å². The van der Waals surface area contributed by atoms with Crippen molar-refractivity contribution in [3.8, 4) is 16.9 Å². The third-order valence-corrected chi connectivity index (χ3v) is 5.31. The van der Waals surface area contributed by atoms with Crippen molar-refractivity contribution in [2.45, 2.75) is 26.4 Å². The van der Waals surface area contributed by atoms with Crippen molar-refractivity contribution in [3.05, 3.63) is 84.0 Å². The second-order valence-corrected chi connectivity index (χ2v) is 7.32. The second kappa shape index (κ2) is 10.2. The summed E-state index contributed by atoms with van der Waals surface area (Å²) < 4.78 is 16.6. The SMILES string of the molecule is CCOC(=O)C(Cc1ccc(OCC=C2c3ccncc3-c3cnccc32)cc1)OCC. The summed E-state index contributed by atoms with van der Waals surface area (Å²) in [5.74, 6) is 0.432. The van der Waals surface area contributed by atoms with Crippen molar-refractivity contribution >= 4 is 11.5 Å². The molecule has 0 bridgehead atoms. The Morgan fingerprint density at radius 1 is 0.906 bits per heavy atom. The number of ether oxygens (including phenoxy) is 3. The van der Waals surface area contributed by atoms with Crippen molar-refractivity contribution in [2.24, 2.45) is 0 Å². The molecule has 1 aliphatic carbocycles. The van der Waals surface area contributed by atoms with Gasteiger partial charge in [0.25, 0.3) is 0 Å². The summed E-state index contributed by atoms with van der Waals surface area (Å²) in [6.45, 7) is 4.89. The third-order valence-electron chi connectivity index (χ3n) is 5.31. The molecular formula is C26H26N2O4. The van der Waals surface area contributed by atoms with Crippen LogP contribution in [0.15, 0.2) is 67.3 Å². The van der Waals surface area contributed by atoms with E-state index in [0.717, 1.165) is 39.1 Å². The van der Waals surface area contributed by atoms with Crippen LogP contribution >= 0.6 is 0 Å². The van der Waals surface area contributed by atoms with Gasteiger partial charge in [-0.15, -0.1) is 0 Å². The van der Waals surface area contributed by atoms with Gasteiger partial charge in [0, 0.05) is 48.9 Å². The van der Waals surface area contributed by atoms with E-state index in [0.29, 0.717) is 26.2 Å². The van der Waals surface area contributed by atoms with Crippen LogP contribution in [-0.2, 0) is 20.7 Å². The predicted molar refractivity (Wildman–Crippen MR) is 122 cm³/mol. The summed E-state index contributed by atoms with van der Waals surface area (Å²) in [5.41, 5.74) is 6.59. The Labute approximate surface area is 187 Å². The highest BCUT2D eigenvalue weighted by Gasteiger charge is 2.23. The first kappa shape index (κ1) is 21.7. The monoisotopic (exact) mass is 430 g/mol. The number of esters is 1. The van der Waals surface area contributed by atoms with Gasteiger partial charge in [-0.05, 0) is 66.5 Å². The third kappa shape index (κ3) is 4.70. The highest BCUT2D eigenvalue weighted by atomic mass is 16.6. The average molecular weight is 431 g/mol. The maximum absolute atomic E-state index is 12.1. The lowest BCUT2D eigenvalue weighted by Gasteiger charge is -2.15. The van der Waals surface area contributed by atoms with Crippen LogP contribution in [0.5, 0.6) is 5.75 Å². The van der Waals surface area contributed by atoms with Crippen LogP contribution < -0.4 is 4.74 Å². The number of benzene rings is 1. The standard InChI is InChI=1S/C26H26N2O4/c1-3-30-25(26(29)31-4-2)15-18-5-7-19(8-6-18)32-14-11-22-20-9-12-27-16-23(20)24-17-28-13-10-21(22)24/h5-13,16-17,25H,3-4,14-15H2,1-2H3. The molecule has 0 amide bonds. The first-order valence-corrected chi connectivity index (χ1v) is 10.8. The zero-order chi connectivity index (χ0) is 22.3. The molecule has 0 saturated carbocycles. The Kier molecular flexibility index (Phi) is 6.92. The van der Waals surface area contributed by atoms with Crippen LogP contribution in [0.1, 0.15) is 30.5 Å². The number of nitrogens with zero attached hydrogens (tertiary/aromatic N) is 2. The molecule has 6 nitrogen and oxygen atoms in total. The van der Waals surface area contributed by atoms with Gasteiger partial charge in [-0.3, -0.25) is 9.97 Å². The average Bonchev–Trinajstić information content (AvgIpc) is 3.14. The van der Waals surface area contributed by atoms with E-state index in [2.05, 4.69) is 16.0 Å². The van der Waals surface area contributed by atoms with Gasteiger partial charge < -0.3 is 14.2 Å². The molecule has 6 heteroatoms. The van der Waals surface area contributed by atoms with Crippen LogP contribution in [0.4, 0.5) is 0 Å². The zero-order valence-electron chi connectivity index (χ0n) is 18.3. The molecule has 2 heterocycles. The van der Waals surface area contributed by atoms with E-state index in [-0.39, 0.29) is 5.97 Å². The molecule has 32 heavy (non-hydrogen) atoms. The number of hydrogen-bond donors (Lipinski definition) is 0. The fourth-order valence-electron chi connectivity index (χ4n) is 3.86. The largest absolute Gasteiger partial charge is 0.490 e. The molecule has 1 atom stereocenters. The van der Waals surface area contributed by atoms with Crippen molar-refractivity contribution < 1.29 is 19.0 Å². The van der Waals surface area contributed by atoms with E-state index in [4.69, 9.17) is 14.2 Å². The molecule has 0 spiro atoms. The topological polar surface area (TPSA) is 70.5 Å². The molecular weight excluding hydrogens is 404 g/mol. The fourth-order valence-corrected chi connectivity index (χ4v) is 3.86. The Morgan fingerprint density at radius 3 is 2.16 bits per heavy atom. The highest BCUT2D eigenvalue weighted by molar-refractivity contribution is 6.00. The van der Waals surface area contributed by atoms with Crippen molar-refractivity contribution in [1.82, 2.24) is 9.97 Å². The second-order valence-electron chi connectivity index (χ2n) is 7.32. The Bertz CT molecular complexity index is 1060. The molecule has 164 valence electrons. The summed E-state index contributed by atoms with van der Waals surface area (Å²) in [5, 5.41) is 0. The lowest BCUT2D eigenvalue weighted by molar-refractivity contribution is -0.156. The van der Waals surface area contributed by atoms with E-state index in [1.165, 1.54) is 0 Å². The van der Waals surface area contributed by atoms with Gasteiger partial charge in [0.1, 0.15) is 12.4 Å². The highest BCUT2D eigenvalue weighted by Crippen LogP contribution is 2.42. The minimum Gasteiger partial charge on any atom is -0.490 e. The Morgan fingerprint density at radius 2 is 1.56 bits per heavy atom. The number of fused-ring (bicyclic) bond motifs is 3. The molecule has 0 N–H and O–H groups in total. The molecule has 3 aromatic rings. The normalized spacial score (nSPS) is 12.6. The summed E-state index contributed by atoms with van der Waals surface area (Å²) >= 11 is 0. The maximum atomic E-state index is 12.1. The minimum absolute atomic E-state index is 0.330. The van der Waals surface area contributed by atoms with Gasteiger partial charge in [-0.25, -0.2) is 4.79 Å². The van der Waals surface area contributed by atoms with Crippen molar-refractivity contribution in [1.29, 1.82) is 0 Å². The molecule has 2 aromatic heterocycles. The van der Waals surface area contributed by atoms with Crippen molar-refractivity contribution in [3.63, 3.8) is 0 Å². The fraction of sp³-hybridized carbons (Fsp3) is 0.269. The van der Waals surface area contributed by atoms with E-state index in [1.54, 1.807) is 19.3 Å². The lowest BCUT2D eigenvalue weighted by atomic mass is 10.1. The molecule has 1 aromatic carbocycles.